The lowest BCUT2D eigenvalue weighted by Gasteiger charge is -2.33. The zero-order valence-electron chi connectivity index (χ0n) is 17.1. The van der Waals surface area contributed by atoms with E-state index in [1.807, 2.05) is 24.3 Å². The predicted molar refractivity (Wildman–Crippen MR) is 116 cm³/mol. The molecule has 0 saturated carbocycles. The second-order valence-electron chi connectivity index (χ2n) is 7.66. The molecular weight excluding hydrogens is 376 g/mol. The number of hydrogen-bond acceptors (Lipinski definition) is 5. The van der Waals surface area contributed by atoms with E-state index in [1.165, 1.54) is 5.56 Å². The van der Waals surface area contributed by atoms with Crippen LogP contribution in [0.3, 0.4) is 0 Å². The number of hydrogen-bond donors (Lipinski definition) is 1. The van der Waals surface area contributed by atoms with Crippen LogP contribution in [0.1, 0.15) is 40.4 Å². The highest BCUT2D eigenvalue weighted by Gasteiger charge is 2.25. The van der Waals surface area contributed by atoms with E-state index in [0.717, 1.165) is 55.2 Å². The minimum absolute atomic E-state index is 0.290. The molecule has 1 aliphatic rings. The van der Waals surface area contributed by atoms with Gasteiger partial charge in [-0.2, -0.15) is 0 Å². The monoisotopic (exact) mass is 402 g/mol. The van der Waals surface area contributed by atoms with Crippen molar-refractivity contribution < 1.29 is 9.53 Å². The summed E-state index contributed by atoms with van der Waals surface area (Å²) in [4.78, 5) is 23.4. The van der Waals surface area contributed by atoms with Crippen LogP contribution in [-0.2, 0) is 6.54 Å². The molecule has 154 valence electrons. The van der Waals surface area contributed by atoms with Crippen LogP contribution in [0.15, 0.2) is 60.9 Å². The van der Waals surface area contributed by atoms with Crippen molar-refractivity contribution in [2.45, 2.75) is 25.3 Å². The maximum atomic E-state index is 11.6. The quantitative estimate of drug-likeness (QED) is 0.681. The Morgan fingerprint density at radius 2 is 1.97 bits per heavy atom. The van der Waals surface area contributed by atoms with Crippen LogP contribution in [-0.4, -0.2) is 41.0 Å². The number of methoxy groups -OCH3 is 1. The van der Waals surface area contributed by atoms with Gasteiger partial charge in [0.05, 0.1) is 18.5 Å². The fourth-order valence-corrected chi connectivity index (χ4v) is 4.10. The number of ether oxygens (including phenoxy) is 1. The summed E-state index contributed by atoms with van der Waals surface area (Å²) < 4.78 is 5.25. The number of benzene rings is 2. The summed E-state index contributed by atoms with van der Waals surface area (Å²) in [5.74, 6) is 0.723. The van der Waals surface area contributed by atoms with Crippen LogP contribution in [0.2, 0.25) is 0 Å². The van der Waals surface area contributed by atoms with E-state index in [0.29, 0.717) is 5.56 Å². The van der Waals surface area contributed by atoms with Crippen molar-refractivity contribution in [1.82, 2.24) is 14.9 Å². The summed E-state index contributed by atoms with van der Waals surface area (Å²) in [7, 11) is 1.68. The van der Waals surface area contributed by atoms with Crippen molar-refractivity contribution in [3.63, 3.8) is 0 Å². The van der Waals surface area contributed by atoms with Gasteiger partial charge < -0.3 is 10.5 Å². The lowest BCUT2D eigenvalue weighted by atomic mass is 9.91. The Morgan fingerprint density at radius 3 is 2.73 bits per heavy atom. The average Bonchev–Trinajstić information content (AvgIpc) is 2.80. The van der Waals surface area contributed by atoms with Gasteiger partial charge in [-0.1, -0.05) is 24.3 Å². The third-order valence-electron chi connectivity index (χ3n) is 5.60. The van der Waals surface area contributed by atoms with Crippen LogP contribution in [0.5, 0.6) is 5.75 Å². The molecule has 1 saturated heterocycles. The van der Waals surface area contributed by atoms with E-state index in [-0.39, 0.29) is 5.92 Å². The molecule has 0 bridgehead atoms. The highest BCUT2D eigenvalue weighted by Crippen LogP contribution is 2.32. The molecule has 2 aromatic carbocycles. The number of primary amides is 1. The van der Waals surface area contributed by atoms with E-state index >= 15 is 0 Å². The van der Waals surface area contributed by atoms with E-state index < -0.39 is 5.91 Å². The summed E-state index contributed by atoms with van der Waals surface area (Å²) >= 11 is 0. The summed E-state index contributed by atoms with van der Waals surface area (Å²) in [5.41, 5.74) is 9.90. The van der Waals surface area contributed by atoms with Crippen molar-refractivity contribution in [2.24, 2.45) is 5.73 Å². The first-order valence-corrected chi connectivity index (χ1v) is 10.2. The van der Waals surface area contributed by atoms with Crippen molar-refractivity contribution in [1.29, 1.82) is 0 Å². The van der Waals surface area contributed by atoms with Gasteiger partial charge in [0.2, 0.25) is 5.91 Å². The summed E-state index contributed by atoms with van der Waals surface area (Å²) in [6, 6.07) is 15.6. The van der Waals surface area contributed by atoms with E-state index in [4.69, 9.17) is 15.5 Å². The SMILES string of the molecule is COc1ccc(CN2CCCC(c3nccnc3-c3cccc(C(N)=O)c3)C2)cc1. The fourth-order valence-electron chi connectivity index (χ4n) is 4.10. The van der Waals surface area contributed by atoms with E-state index in [9.17, 15) is 4.79 Å². The number of nitrogens with zero attached hydrogens (tertiary/aromatic N) is 3. The molecule has 3 aromatic rings. The van der Waals surface area contributed by atoms with Gasteiger partial charge in [0.25, 0.3) is 0 Å². The van der Waals surface area contributed by atoms with Crippen molar-refractivity contribution in [3.05, 3.63) is 77.7 Å². The van der Waals surface area contributed by atoms with E-state index in [1.54, 1.807) is 31.6 Å². The first-order valence-electron chi connectivity index (χ1n) is 10.2. The van der Waals surface area contributed by atoms with Gasteiger partial charge in [0, 0.05) is 42.5 Å². The first kappa shape index (κ1) is 20.0. The molecule has 0 aliphatic carbocycles. The Hall–Kier alpha value is -3.25. The van der Waals surface area contributed by atoms with Gasteiger partial charge in [0.15, 0.2) is 0 Å². The number of aromatic nitrogens is 2. The van der Waals surface area contributed by atoms with Crippen LogP contribution >= 0.6 is 0 Å². The number of likely N-dealkylation sites (tertiary alicyclic amines) is 1. The van der Waals surface area contributed by atoms with Crippen LogP contribution in [0, 0.1) is 0 Å². The van der Waals surface area contributed by atoms with Gasteiger partial charge in [0.1, 0.15) is 5.75 Å². The molecule has 0 radical (unpaired) electrons. The lowest BCUT2D eigenvalue weighted by molar-refractivity contribution is 0.100. The molecule has 6 nitrogen and oxygen atoms in total. The van der Waals surface area contributed by atoms with Gasteiger partial charge in [-0.05, 0) is 49.2 Å². The molecule has 4 rings (SSSR count). The second kappa shape index (κ2) is 9.05. The minimum Gasteiger partial charge on any atom is -0.497 e. The molecule has 2 heterocycles. The van der Waals surface area contributed by atoms with Gasteiger partial charge in [-0.3, -0.25) is 19.7 Å². The topological polar surface area (TPSA) is 81.3 Å². The highest BCUT2D eigenvalue weighted by atomic mass is 16.5. The molecular formula is C24H26N4O2. The Kier molecular flexibility index (Phi) is 6.05. The Bertz CT molecular complexity index is 1020. The number of carbonyl (C=O) groups is 1. The number of amides is 1. The first-order chi connectivity index (χ1) is 14.6. The smallest absolute Gasteiger partial charge is 0.248 e. The zero-order chi connectivity index (χ0) is 20.9. The average molecular weight is 402 g/mol. The lowest BCUT2D eigenvalue weighted by Crippen LogP contribution is -2.34. The van der Waals surface area contributed by atoms with Crippen molar-refractivity contribution in [3.8, 4) is 17.0 Å². The molecule has 0 spiro atoms. The Morgan fingerprint density at radius 1 is 1.17 bits per heavy atom. The second-order valence-corrected chi connectivity index (χ2v) is 7.66. The third-order valence-corrected chi connectivity index (χ3v) is 5.60. The maximum Gasteiger partial charge on any atom is 0.248 e. The summed E-state index contributed by atoms with van der Waals surface area (Å²) in [6.45, 7) is 2.88. The standard InChI is InChI=1S/C24H26N4O2/c1-30-21-9-7-17(8-10-21)15-28-13-3-6-20(16-28)23-22(26-11-12-27-23)18-4-2-5-19(14-18)24(25)29/h2,4-5,7-12,14,20H,3,6,13,15-16H2,1H3,(H2,25,29). The summed E-state index contributed by atoms with van der Waals surface area (Å²) in [6.07, 6.45) is 5.63. The van der Waals surface area contributed by atoms with Crippen LogP contribution < -0.4 is 10.5 Å². The molecule has 1 atom stereocenters. The van der Waals surface area contributed by atoms with Crippen LogP contribution in [0.4, 0.5) is 0 Å². The maximum absolute atomic E-state index is 11.6. The van der Waals surface area contributed by atoms with Gasteiger partial charge >= 0.3 is 0 Å². The molecule has 1 aliphatic heterocycles. The van der Waals surface area contributed by atoms with Gasteiger partial charge in [-0.25, -0.2) is 0 Å². The van der Waals surface area contributed by atoms with Crippen LogP contribution in [0.25, 0.3) is 11.3 Å². The molecule has 6 heteroatoms. The Balaban J connectivity index is 1.55. The predicted octanol–water partition coefficient (Wildman–Crippen LogP) is 3.63. The molecule has 1 fully saturated rings. The molecule has 1 unspecified atom stereocenters. The highest BCUT2D eigenvalue weighted by molar-refractivity contribution is 5.94. The molecule has 2 N–H and O–H groups in total. The van der Waals surface area contributed by atoms with Crippen molar-refractivity contribution >= 4 is 5.91 Å². The third kappa shape index (κ3) is 4.49. The summed E-state index contributed by atoms with van der Waals surface area (Å²) in [5, 5.41) is 0. The molecule has 30 heavy (non-hydrogen) atoms. The van der Waals surface area contributed by atoms with E-state index in [2.05, 4.69) is 22.0 Å². The normalized spacial score (nSPS) is 16.9. The fraction of sp³-hybridized carbons (Fsp3) is 0.292. The molecule has 1 aromatic heterocycles. The number of piperidine rings is 1. The minimum atomic E-state index is -0.439. The number of nitrogens with two attached hydrogens (primary N) is 1. The van der Waals surface area contributed by atoms with Crippen molar-refractivity contribution in [2.75, 3.05) is 20.2 Å². The number of carbonyl (C=O) groups excluding carboxylic acids is 1. The van der Waals surface area contributed by atoms with Gasteiger partial charge in [-0.15, -0.1) is 0 Å². The largest absolute Gasteiger partial charge is 0.497 e. The zero-order valence-corrected chi connectivity index (χ0v) is 17.1. The molecule has 1 amide bonds. The Labute approximate surface area is 176 Å². The number of rotatable bonds is 6.